The predicted octanol–water partition coefficient (Wildman–Crippen LogP) is 1.13. The summed E-state index contributed by atoms with van der Waals surface area (Å²) in [5.74, 6) is 2.16. The van der Waals surface area contributed by atoms with Crippen molar-refractivity contribution in [2.45, 2.75) is 97.6 Å². The Labute approximate surface area is 462 Å². The van der Waals surface area contributed by atoms with Gasteiger partial charge in [-0.3, -0.25) is 10.1 Å². The maximum atomic E-state index is 11.6. The number of hydrogen-bond acceptors (Lipinski definition) is 10. The molecule has 62 heavy (non-hydrogen) atoms. The third-order valence-electron chi connectivity index (χ3n) is 15.9. The Hall–Kier alpha value is 1.39. The van der Waals surface area contributed by atoms with Crippen molar-refractivity contribution in [1.82, 2.24) is 0 Å². The molecule has 5 saturated carbocycles. The standard InChI is InChI=1S/C48H54O8P2S2.2K/c49-53-55-59-39-27-23-35-43-41-33(51-35)21-25-37(57(29-13-5-1-6-14-29)30-15-7-2-8-16-30)45(41)46-38(58(31-17-9-3-10-18-31)32-19-11-4-12-20-32)26-22-34-42(46)44-36(52-34)24-28-40(60-56-54-50)48(44)47(39)43;;/h1-20,33-50H,21-28H2;;/q;2*+1/p-2. The fourth-order valence-corrected chi connectivity index (χ4v) is 22.5. The fourth-order valence-electron chi connectivity index (χ4n) is 14.4. The van der Waals surface area contributed by atoms with Crippen LogP contribution in [0.25, 0.3) is 0 Å². The first-order valence-electron chi connectivity index (χ1n) is 22.1. The van der Waals surface area contributed by atoms with Crippen molar-refractivity contribution in [3.63, 3.8) is 0 Å². The second kappa shape index (κ2) is 22.0. The Morgan fingerprint density at radius 2 is 0.677 bits per heavy atom. The van der Waals surface area contributed by atoms with Crippen molar-refractivity contribution < 1.29 is 142 Å². The van der Waals surface area contributed by atoms with Crippen LogP contribution in [0.15, 0.2) is 121 Å². The molecular weight excluding hydrogens is 909 g/mol. The second-order valence-corrected chi connectivity index (χ2v) is 24.9. The normalized spacial score (nSPS) is 37.6. The maximum Gasteiger partial charge on any atom is 1.00 e. The molecule has 4 aromatic carbocycles. The van der Waals surface area contributed by atoms with Crippen LogP contribution in [-0.4, -0.2) is 46.2 Å². The van der Waals surface area contributed by atoms with E-state index in [1.807, 2.05) is 0 Å². The molecule has 16 atom stereocenters. The first kappa shape index (κ1) is 48.4. The average Bonchev–Trinajstić information content (AvgIpc) is 3.87. The molecule has 2 heterocycles. The van der Waals surface area contributed by atoms with Crippen LogP contribution in [-0.2, 0) is 28.2 Å². The van der Waals surface area contributed by atoms with Crippen LogP contribution >= 0.6 is 39.9 Å². The molecule has 0 aromatic heterocycles. The molecule has 11 rings (SSSR count). The van der Waals surface area contributed by atoms with Gasteiger partial charge in [0.2, 0.25) is 0 Å². The van der Waals surface area contributed by atoms with Crippen molar-refractivity contribution >= 4 is 61.1 Å². The van der Waals surface area contributed by atoms with E-state index in [1.165, 1.54) is 45.3 Å². The smallest absolute Gasteiger partial charge is 0.691 e. The van der Waals surface area contributed by atoms with Gasteiger partial charge in [0.25, 0.3) is 0 Å². The molecule has 7 aliphatic rings. The molecule has 4 aromatic rings. The second-order valence-electron chi connectivity index (χ2n) is 18.1. The molecule has 0 N–H and O–H groups in total. The SMILES string of the molecule is [K+].[K+].[O-]OOSC1CCC2OC3CCC(P(c4ccccc4)c4ccccc4)C4C3C2C1C1C(SOO[O-])CCC2OC3CCC(P(c5ccccc5)c5ccccc5)C4C3C21. The summed E-state index contributed by atoms with van der Waals surface area (Å²) in [6, 6.07) is 45.7. The number of ether oxygens (including phenoxy) is 2. The van der Waals surface area contributed by atoms with Crippen LogP contribution in [0, 0.1) is 47.3 Å². The van der Waals surface area contributed by atoms with E-state index >= 15 is 0 Å². The number of benzene rings is 4. The summed E-state index contributed by atoms with van der Waals surface area (Å²) in [5.41, 5.74) is 0.860. The summed E-state index contributed by atoms with van der Waals surface area (Å²) in [4.78, 5) is 0. The predicted molar refractivity (Wildman–Crippen MR) is 235 cm³/mol. The van der Waals surface area contributed by atoms with E-state index < -0.39 is 15.8 Å². The van der Waals surface area contributed by atoms with Crippen molar-refractivity contribution in [3.8, 4) is 0 Å². The van der Waals surface area contributed by atoms with Crippen molar-refractivity contribution in [2.75, 3.05) is 0 Å². The molecule has 0 radical (unpaired) electrons. The van der Waals surface area contributed by atoms with Crippen LogP contribution in [0.5, 0.6) is 0 Å². The van der Waals surface area contributed by atoms with Gasteiger partial charge in [-0.25, -0.2) is 0 Å². The van der Waals surface area contributed by atoms with Gasteiger partial charge in [0.1, 0.15) is 0 Å². The first-order valence-corrected chi connectivity index (χ1v) is 26.5. The minimum Gasteiger partial charge on any atom is -0.691 e. The molecular formula is C48H52K2O8P2S2. The molecule has 2 aliphatic heterocycles. The third kappa shape index (κ3) is 9.04. The van der Waals surface area contributed by atoms with Gasteiger partial charge in [0, 0.05) is 34.6 Å². The van der Waals surface area contributed by atoms with E-state index in [4.69, 9.17) is 18.1 Å². The van der Waals surface area contributed by atoms with Gasteiger partial charge in [0.15, 0.2) is 0 Å². The van der Waals surface area contributed by atoms with Gasteiger partial charge in [-0.15, -0.1) is 0 Å². The summed E-state index contributed by atoms with van der Waals surface area (Å²) in [5, 5.41) is 37.2. The summed E-state index contributed by atoms with van der Waals surface area (Å²) in [6.45, 7) is 0. The van der Waals surface area contributed by atoms with E-state index in [0.717, 1.165) is 51.4 Å². The van der Waals surface area contributed by atoms with Gasteiger partial charge in [0.05, 0.1) is 24.4 Å². The van der Waals surface area contributed by atoms with Crippen molar-refractivity contribution in [1.29, 1.82) is 0 Å². The Bertz CT molecular complexity index is 1810. The van der Waals surface area contributed by atoms with E-state index in [2.05, 4.69) is 131 Å². The average molecular weight is 961 g/mol. The van der Waals surface area contributed by atoms with Gasteiger partial charge < -0.3 is 20.0 Å². The van der Waals surface area contributed by atoms with Gasteiger partial charge in [-0.05, 0) is 147 Å². The van der Waals surface area contributed by atoms with Crippen LogP contribution in [0.1, 0.15) is 51.4 Å². The third-order valence-corrected chi connectivity index (χ3v) is 23.7. The molecule has 0 bridgehead atoms. The largest absolute Gasteiger partial charge is 1.00 e. The zero-order valence-electron chi connectivity index (χ0n) is 35.4. The summed E-state index contributed by atoms with van der Waals surface area (Å²) in [7, 11) is -1.50. The molecule has 316 valence electrons. The molecule has 5 aliphatic carbocycles. The quantitative estimate of drug-likeness (QED) is 0.0677. The van der Waals surface area contributed by atoms with Crippen LogP contribution in [0.4, 0.5) is 0 Å². The minimum atomic E-state index is -0.750. The van der Waals surface area contributed by atoms with Crippen LogP contribution < -0.4 is 135 Å². The zero-order valence-corrected chi connectivity index (χ0v) is 45.1. The molecule has 2 saturated heterocycles. The minimum absolute atomic E-state index is 0. The van der Waals surface area contributed by atoms with Gasteiger partial charge in [-0.1, -0.05) is 121 Å². The van der Waals surface area contributed by atoms with E-state index in [1.54, 1.807) is 0 Å². The topological polar surface area (TPSA) is 102 Å². The number of rotatable bonds is 12. The number of fused-ring (bicyclic) bond motifs is 2. The summed E-state index contributed by atoms with van der Waals surface area (Å²) >= 11 is 2.44. The fraction of sp³-hybridized carbons (Fsp3) is 0.500. The summed E-state index contributed by atoms with van der Waals surface area (Å²) in [6.07, 6.45) is 8.43. The Balaban J connectivity index is 0.00000245. The summed E-state index contributed by atoms with van der Waals surface area (Å²) < 4.78 is 25.6. The van der Waals surface area contributed by atoms with E-state index in [9.17, 15) is 10.5 Å². The van der Waals surface area contributed by atoms with Crippen molar-refractivity contribution in [3.05, 3.63) is 121 Å². The molecule has 0 spiro atoms. The van der Waals surface area contributed by atoms with Crippen LogP contribution in [0.3, 0.4) is 0 Å². The van der Waals surface area contributed by atoms with E-state index in [0.29, 0.717) is 35.0 Å². The van der Waals surface area contributed by atoms with Crippen molar-refractivity contribution in [2.24, 2.45) is 47.3 Å². The zero-order chi connectivity index (χ0) is 40.2. The number of hydrogen-bond donors (Lipinski definition) is 0. The Morgan fingerprint density at radius 3 is 0.984 bits per heavy atom. The molecule has 0 amide bonds. The molecule has 8 nitrogen and oxygen atoms in total. The van der Waals surface area contributed by atoms with E-state index in [-0.39, 0.29) is 161 Å². The first-order chi connectivity index (χ1) is 29.7. The van der Waals surface area contributed by atoms with Crippen LogP contribution in [0.2, 0.25) is 0 Å². The van der Waals surface area contributed by atoms with Gasteiger partial charge in [-0.2, -0.15) is 8.67 Å². The maximum absolute atomic E-state index is 11.6. The molecule has 14 heteroatoms. The van der Waals surface area contributed by atoms with Gasteiger partial charge >= 0.3 is 103 Å². The molecule has 16 unspecified atom stereocenters. The Kier molecular flexibility index (Phi) is 17.2. The Morgan fingerprint density at radius 1 is 0.387 bits per heavy atom. The monoisotopic (exact) mass is 960 g/mol. The molecule has 7 fully saturated rings.